The number of rotatable bonds is 4. The van der Waals surface area contributed by atoms with Crippen LogP contribution in [0.1, 0.15) is 32.6 Å². The third-order valence-corrected chi connectivity index (χ3v) is 5.02. The summed E-state index contributed by atoms with van der Waals surface area (Å²) in [7, 11) is 1.48. The number of ether oxygens (including phenoxy) is 1. The summed E-state index contributed by atoms with van der Waals surface area (Å²) >= 11 is 0. The highest BCUT2D eigenvalue weighted by Gasteiger charge is 2.65. The van der Waals surface area contributed by atoms with Crippen LogP contribution >= 0.6 is 0 Å². The van der Waals surface area contributed by atoms with Crippen LogP contribution in [0.4, 0.5) is 0 Å². The molecule has 3 rings (SSSR count). The van der Waals surface area contributed by atoms with E-state index in [4.69, 9.17) is 4.74 Å². The van der Waals surface area contributed by atoms with Crippen molar-refractivity contribution in [1.29, 1.82) is 0 Å². The smallest absolute Gasteiger partial charge is 0.322 e. The number of nitrogens with one attached hydrogen (secondary N) is 1. The van der Waals surface area contributed by atoms with E-state index in [1.807, 2.05) is 6.92 Å². The van der Waals surface area contributed by atoms with Gasteiger partial charge < -0.3 is 10.1 Å². The van der Waals surface area contributed by atoms with Gasteiger partial charge in [0.05, 0.1) is 7.11 Å². The number of hydrogen-bond acceptors (Lipinski definition) is 3. The quantitative estimate of drug-likeness (QED) is 0.735. The molecular formula is C13H21NO2. The van der Waals surface area contributed by atoms with Gasteiger partial charge in [0.2, 0.25) is 0 Å². The van der Waals surface area contributed by atoms with Crippen LogP contribution in [0.5, 0.6) is 0 Å². The minimum atomic E-state index is -0.0974. The highest BCUT2D eigenvalue weighted by Crippen LogP contribution is 2.65. The molecule has 16 heavy (non-hydrogen) atoms. The van der Waals surface area contributed by atoms with Gasteiger partial charge in [-0.05, 0) is 49.4 Å². The van der Waals surface area contributed by atoms with Crippen molar-refractivity contribution in [3.05, 3.63) is 0 Å². The molecule has 0 spiro atoms. The summed E-state index contributed by atoms with van der Waals surface area (Å²) in [6.45, 7) is 2.04. The third kappa shape index (κ3) is 1.41. The topological polar surface area (TPSA) is 38.3 Å². The summed E-state index contributed by atoms with van der Waals surface area (Å²) in [5, 5.41) is 3.52. The second kappa shape index (κ2) is 3.73. The van der Waals surface area contributed by atoms with Gasteiger partial charge in [-0.2, -0.15) is 0 Å². The lowest BCUT2D eigenvalue weighted by atomic mass is 10.0. The Balaban J connectivity index is 1.59. The van der Waals surface area contributed by atoms with Crippen molar-refractivity contribution in [3.8, 4) is 0 Å². The van der Waals surface area contributed by atoms with Crippen molar-refractivity contribution in [2.45, 2.75) is 44.7 Å². The van der Waals surface area contributed by atoms with E-state index in [9.17, 15) is 4.79 Å². The zero-order valence-electron chi connectivity index (χ0n) is 10.1. The molecule has 3 aliphatic rings. The van der Waals surface area contributed by atoms with Crippen LogP contribution in [0.2, 0.25) is 0 Å². The molecule has 90 valence electrons. The predicted octanol–water partition coefficient (Wildman–Crippen LogP) is 1.57. The Labute approximate surface area is 96.9 Å². The van der Waals surface area contributed by atoms with Crippen LogP contribution in [-0.4, -0.2) is 25.2 Å². The summed E-state index contributed by atoms with van der Waals surface area (Å²) in [5.41, 5.74) is 0. The van der Waals surface area contributed by atoms with Crippen LogP contribution in [-0.2, 0) is 9.53 Å². The van der Waals surface area contributed by atoms with E-state index in [1.165, 1.54) is 26.4 Å². The molecule has 0 heterocycles. The first-order valence-electron chi connectivity index (χ1n) is 6.60. The highest BCUT2D eigenvalue weighted by molar-refractivity contribution is 5.75. The van der Waals surface area contributed by atoms with E-state index >= 15 is 0 Å². The minimum Gasteiger partial charge on any atom is -0.468 e. The summed E-state index contributed by atoms with van der Waals surface area (Å²) < 4.78 is 4.82. The Kier molecular flexibility index (Phi) is 2.46. The zero-order chi connectivity index (χ0) is 11.3. The molecule has 5 unspecified atom stereocenters. The van der Waals surface area contributed by atoms with E-state index < -0.39 is 0 Å². The fraction of sp³-hybridized carbons (Fsp3) is 0.923. The van der Waals surface area contributed by atoms with Gasteiger partial charge in [0.15, 0.2) is 0 Å². The average Bonchev–Trinajstić information content (AvgIpc) is 2.72. The van der Waals surface area contributed by atoms with Gasteiger partial charge in [-0.1, -0.05) is 6.92 Å². The molecule has 2 bridgehead atoms. The number of carbonyl (C=O) groups is 1. The molecule has 0 aliphatic heterocycles. The SMILES string of the molecule is CCC(NC1C2C3CCC(C3)C12)C(=O)OC. The molecule has 0 amide bonds. The van der Waals surface area contributed by atoms with Crippen LogP contribution in [0.3, 0.4) is 0 Å². The number of methoxy groups -OCH3 is 1. The van der Waals surface area contributed by atoms with Gasteiger partial charge in [-0.3, -0.25) is 4.79 Å². The van der Waals surface area contributed by atoms with Gasteiger partial charge in [0.25, 0.3) is 0 Å². The molecule has 3 fully saturated rings. The molecule has 0 radical (unpaired) electrons. The van der Waals surface area contributed by atoms with Crippen molar-refractivity contribution in [2.24, 2.45) is 23.7 Å². The summed E-state index contributed by atoms with van der Waals surface area (Å²) in [6, 6.07) is 0.537. The van der Waals surface area contributed by atoms with Gasteiger partial charge in [-0.25, -0.2) is 0 Å². The maximum Gasteiger partial charge on any atom is 0.322 e. The summed E-state index contributed by atoms with van der Waals surface area (Å²) in [5.74, 6) is 3.60. The van der Waals surface area contributed by atoms with Crippen molar-refractivity contribution in [3.63, 3.8) is 0 Å². The van der Waals surface area contributed by atoms with Gasteiger partial charge in [-0.15, -0.1) is 0 Å². The molecule has 1 N–H and O–H groups in total. The molecule has 5 atom stereocenters. The number of hydrogen-bond donors (Lipinski definition) is 1. The van der Waals surface area contributed by atoms with E-state index in [0.717, 1.165) is 30.1 Å². The second-order valence-electron chi connectivity index (χ2n) is 5.66. The Bertz CT molecular complexity index is 288. The molecule has 0 saturated heterocycles. The maximum atomic E-state index is 11.5. The predicted molar refractivity (Wildman–Crippen MR) is 60.8 cm³/mol. The fourth-order valence-corrected chi connectivity index (χ4v) is 4.28. The average molecular weight is 223 g/mol. The molecule has 3 saturated carbocycles. The highest BCUT2D eigenvalue weighted by atomic mass is 16.5. The first kappa shape index (κ1) is 10.6. The largest absolute Gasteiger partial charge is 0.468 e. The Morgan fingerprint density at radius 2 is 2.00 bits per heavy atom. The third-order valence-electron chi connectivity index (χ3n) is 5.02. The Morgan fingerprint density at radius 1 is 1.38 bits per heavy atom. The van der Waals surface area contributed by atoms with Crippen LogP contribution in [0.25, 0.3) is 0 Å². The van der Waals surface area contributed by atoms with Gasteiger partial charge >= 0.3 is 5.97 Å². The normalized spacial score (nSPS) is 45.2. The fourth-order valence-electron chi connectivity index (χ4n) is 4.28. The lowest BCUT2D eigenvalue weighted by molar-refractivity contribution is -0.143. The first-order valence-corrected chi connectivity index (χ1v) is 6.60. The minimum absolute atomic E-state index is 0.0833. The molecular weight excluding hydrogens is 202 g/mol. The molecule has 0 aromatic carbocycles. The number of fused-ring (bicyclic) bond motifs is 5. The number of carbonyl (C=O) groups excluding carboxylic acids is 1. The molecule has 0 aromatic heterocycles. The Morgan fingerprint density at radius 3 is 2.50 bits per heavy atom. The second-order valence-corrected chi connectivity index (χ2v) is 5.66. The number of esters is 1. The first-order chi connectivity index (χ1) is 7.76. The molecule has 0 aromatic rings. The van der Waals surface area contributed by atoms with E-state index in [-0.39, 0.29) is 12.0 Å². The lowest BCUT2D eigenvalue weighted by Crippen LogP contribution is -2.40. The van der Waals surface area contributed by atoms with Crippen LogP contribution < -0.4 is 5.32 Å². The monoisotopic (exact) mass is 223 g/mol. The molecule has 3 nitrogen and oxygen atoms in total. The van der Waals surface area contributed by atoms with E-state index in [0.29, 0.717) is 6.04 Å². The maximum absolute atomic E-state index is 11.5. The molecule has 3 aliphatic carbocycles. The van der Waals surface area contributed by atoms with Crippen LogP contribution in [0.15, 0.2) is 0 Å². The van der Waals surface area contributed by atoms with Crippen molar-refractivity contribution in [1.82, 2.24) is 5.32 Å². The van der Waals surface area contributed by atoms with Crippen molar-refractivity contribution in [2.75, 3.05) is 7.11 Å². The summed E-state index contributed by atoms with van der Waals surface area (Å²) in [4.78, 5) is 11.5. The standard InChI is InChI=1S/C13H21NO2/c1-3-9(13(15)16-2)14-12-10-7-4-5-8(6-7)11(10)12/h7-12,14H,3-6H2,1-2H3. The Hall–Kier alpha value is -0.570. The lowest BCUT2D eigenvalue weighted by Gasteiger charge is -2.17. The van der Waals surface area contributed by atoms with Gasteiger partial charge in [0.1, 0.15) is 6.04 Å². The van der Waals surface area contributed by atoms with E-state index in [1.54, 1.807) is 0 Å². The zero-order valence-corrected chi connectivity index (χ0v) is 10.1. The van der Waals surface area contributed by atoms with Crippen LogP contribution in [0, 0.1) is 23.7 Å². The molecule has 3 heteroatoms. The van der Waals surface area contributed by atoms with Crippen molar-refractivity contribution >= 4 is 5.97 Å². The van der Waals surface area contributed by atoms with Crippen molar-refractivity contribution < 1.29 is 9.53 Å². The van der Waals surface area contributed by atoms with Gasteiger partial charge in [0, 0.05) is 6.04 Å². The van der Waals surface area contributed by atoms with E-state index in [2.05, 4.69) is 5.32 Å². The summed E-state index contributed by atoms with van der Waals surface area (Å²) in [6.07, 6.45) is 5.15.